The molecule has 1 rings (SSSR count). The number of carbonyl (C=O) groups is 2. The number of thiol groups is 1. The second-order valence-corrected chi connectivity index (χ2v) is 10.8. The Morgan fingerprint density at radius 1 is 1.27 bits per heavy atom. The summed E-state index contributed by atoms with van der Waals surface area (Å²) < 4.78 is 5.16. The third kappa shape index (κ3) is 5.38. The smallest absolute Gasteiger partial charge is 0.243 e. The van der Waals surface area contributed by atoms with Crippen LogP contribution in [0.1, 0.15) is 6.92 Å². The van der Waals surface area contributed by atoms with Crippen molar-refractivity contribution in [3.05, 3.63) is 24.3 Å². The van der Waals surface area contributed by atoms with Crippen LogP contribution in [-0.4, -0.2) is 45.0 Å². The predicted octanol–water partition coefficient (Wildman–Crippen LogP) is 0.700. The van der Waals surface area contributed by atoms with E-state index in [2.05, 4.69) is 36.4 Å². The lowest BCUT2D eigenvalue weighted by Gasteiger charge is -2.25. The van der Waals surface area contributed by atoms with Gasteiger partial charge in [-0.2, -0.15) is 12.6 Å². The van der Waals surface area contributed by atoms with Gasteiger partial charge >= 0.3 is 0 Å². The van der Waals surface area contributed by atoms with E-state index >= 15 is 0 Å². The Labute approximate surface area is 138 Å². The zero-order valence-electron chi connectivity index (χ0n) is 13.5. The number of methoxy groups -OCH3 is 1. The Balaban J connectivity index is 2.67. The van der Waals surface area contributed by atoms with Crippen molar-refractivity contribution in [2.24, 2.45) is 0 Å². The lowest BCUT2D eigenvalue weighted by atomic mass is 10.3. The van der Waals surface area contributed by atoms with E-state index in [1.165, 1.54) is 12.1 Å². The number of rotatable bonds is 7. The minimum absolute atomic E-state index is 0.195. The first-order chi connectivity index (χ1) is 10.3. The van der Waals surface area contributed by atoms with Crippen molar-refractivity contribution in [1.29, 1.82) is 0 Å². The summed E-state index contributed by atoms with van der Waals surface area (Å²) in [7, 11) is -0.165. The molecule has 2 N–H and O–H groups in total. The number of carbonyl (C=O) groups excluding carboxylic acids is 2. The number of amides is 2. The molecule has 1 aromatic rings. The summed E-state index contributed by atoms with van der Waals surface area (Å²) in [5, 5.41) is 6.76. The molecule has 0 fully saturated rings. The maximum atomic E-state index is 12.1. The van der Waals surface area contributed by atoms with Gasteiger partial charge in [-0.1, -0.05) is 30.4 Å². The Morgan fingerprint density at radius 3 is 2.32 bits per heavy atom. The van der Waals surface area contributed by atoms with Crippen molar-refractivity contribution in [3.63, 3.8) is 0 Å². The Bertz CT molecular complexity index is 520. The Hall–Kier alpha value is -1.47. The molecule has 0 aliphatic carbocycles. The van der Waals surface area contributed by atoms with E-state index in [4.69, 9.17) is 4.74 Å². The van der Waals surface area contributed by atoms with Crippen LogP contribution in [0.4, 0.5) is 0 Å². The van der Waals surface area contributed by atoms with Gasteiger partial charge in [0.25, 0.3) is 0 Å². The molecular weight excluding hydrogens is 316 g/mol. The summed E-state index contributed by atoms with van der Waals surface area (Å²) in [6.07, 6.45) is 0.599. The Morgan fingerprint density at radius 2 is 1.86 bits per heavy atom. The van der Waals surface area contributed by atoms with Gasteiger partial charge in [0.05, 0.1) is 7.11 Å². The molecule has 5 nitrogen and oxygen atoms in total. The minimum atomic E-state index is -1.80. The molecule has 7 heteroatoms. The monoisotopic (exact) mass is 340 g/mol. The number of hydrogen-bond acceptors (Lipinski definition) is 4. The molecule has 0 spiro atoms. The number of benzene rings is 1. The van der Waals surface area contributed by atoms with Crippen LogP contribution in [0.15, 0.2) is 24.3 Å². The van der Waals surface area contributed by atoms with Crippen LogP contribution in [0.2, 0.25) is 13.1 Å². The number of hydrogen-bond donors (Lipinski definition) is 3. The first-order valence-electron chi connectivity index (χ1n) is 7.10. The molecule has 2 amide bonds. The number of nitrogens with one attached hydrogen (secondary N) is 2. The van der Waals surface area contributed by atoms with Gasteiger partial charge in [-0.3, -0.25) is 9.59 Å². The third-order valence-corrected chi connectivity index (χ3v) is 6.77. The summed E-state index contributed by atoms with van der Waals surface area (Å²) in [6.45, 7) is 5.76. The van der Waals surface area contributed by atoms with E-state index in [0.29, 0.717) is 6.17 Å². The normalized spacial score (nSPS) is 12.4. The predicted molar refractivity (Wildman–Crippen MR) is 94.6 cm³/mol. The zero-order chi connectivity index (χ0) is 16.8. The molecule has 122 valence electrons. The van der Waals surface area contributed by atoms with Gasteiger partial charge in [0.2, 0.25) is 11.8 Å². The summed E-state index contributed by atoms with van der Waals surface area (Å²) >= 11 is 4.11. The molecule has 0 aromatic heterocycles. The van der Waals surface area contributed by atoms with Gasteiger partial charge in [-0.15, -0.1) is 0 Å². The largest absolute Gasteiger partial charge is 0.497 e. The maximum Gasteiger partial charge on any atom is 0.243 e. The highest BCUT2D eigenvalue weighted by molar-refractivity contribution is 7.80. The van der Waals surface area contributed by atoms with Gasteiger partial charge in [0.15, 0.2) is 0 Å². The lowest BCUT2D eigenvalue weighted by molar-refractivity contribution is -0.127. The van der Waals surface area contributed by atoms with Crippen LogP contribution in [-0.2, 0) is 9.59 Å². The molecule has 0 bridgehead atoms. The fourth-order valence-electron chi connectivity index (χ4n) is 2.02. The van der Waals surface area contributed by atoms with Crippen molar-refractivity contribution in [2.45, 2.75) is 26.1 Å². The van der Waals surface area contributed by atoms with E-state index in [9.17, 15) is 9.59 Å². The Kier molecular flexibility index (Phi) is 6.95. The molecule has 0 aliphatic rings. The van der Waals surface area contributed by atoms with Crippen LogP contribution < -0.4 is 20.6 Å². The van der Waals surface area contributed by atoms with E-state index in [1.54, 1.807) is 7.11 Å². The van der Waals surface area contributed by atoms with E-state index < -0.39 is 14.1 Å². The summed E-state index contributed by atoms with van der Waals surface area (Å²) in [5.41, 5.74) is 0. The minimum Gasteiger partial charge on any atom is -0.497 e. The molecule has 1 unspecified atom stereocenters. The van der Waals surface area contributed by atoms with Crippen LogP contribution in [0.3, 0.4) is 0 Å². The first kappa shape index (κ1) is 18.6. The number of ether oxygens (including phenoxy) is 1. The van der Waals surface area contributed by atoms with Gasteiger partial charge in [0, 0.05) is 18.8 Å². The highest BCUT2D eigenvalue weighted by atomic mass is 32.1. The summed E-state index contributed by atoms with van der Waals surface area (Å²) in [5.74, 6) is 0.661. The molecule has 1 aromatic carbocycles. The maximum absolute atomic E-state index is 12.1. The van der Waals surface area contributed by atoms with Crippen molar-refractivity contribution >= 4 is 37.7 Å². The van der Waals surface area contributed by atoms with Crippen LogP contribution in [0.5, 0.6) is 5.75 Å². The molecule has 1 atom stereocenters. The standard InChI is InChI=1S/C15H24N2O3SSi/c1-11(18)17-14(9-21)15(19)16-10-22(3,4)13-7-5-12(20-2)6-8-13/h5-8,14,21H,9-10H2,1-4H3,(H,16,19)(H,17,18). The van der Waals surface area contributed by atoms with E-state index in [1.807, 2.05) is 24.3 Å². The van der Waals surface area contributed by atoms with Crippen LogP contribution in [0.25, 0.3) is 0 Å². The molecule has 0 heterocycles. The van der Waals surface area contributed by atoms with Crippen molar-refractivity contribution in [3.8, 4) is 5.75 Å². The molecule has 0 saturated carbocycles. The SMILES string of the molecule is COc1ccc([Si](C)(C)CNC(=O)C(CS)NC(C)=O)cc1. The van der Waals surface area contributed by atoms with Gasteiger partial charge in [-0.05, 0) is 12.1 Å². The highest BCUT2D eigenvalue weighted by Gasteiger charge is 2.26. The molecule has 0 radical (unpaired) electrons. The van der Waals surface area contributed by atoms with Crippen LogP contribution >= 0.6 is 12.6 Å². The zero-order valence-corrected chi connectivity index (χ0v) is 15.4. The average molecular weight is 341 g/mol. The molecule has 0 saturated heterocycles. The van der Waals surface area contributed by atoms with E-state index in [-0.39, 0.29) is 17.6 Å². The molecular formula is C15H24N2O3SSi. The van der Waals surface area contributed by atoms with Gasteiger partial charge in [-0.25, -0.2) is 0 Å². The summed E-state index contributed by atoms with van der Waals surface area (Å²) in [4.78, 5) is 23.2. The summed E-state index contributed by atoms with van der Waals surface area (Å²) in [6, 6.07) is 7.35. The second kappa shape index (κ2) is 8.24. The molecule has 0 aliphatic heterocycles. The lowest BCUT2D eigenvalue weighted by Crippen LogP contribution is -2.55. The topological polar surface area (TPSA) is 67.4 Å². The quantitative estimate of drug-likeness (QED) is 0.506. The van der Waals surface area contributed by atoms with Gasteiger partial charge < -0.3 is 15.4 Å². The van der Waals surface area contributed by atoms with Crippen LogP contribution in [0, 0.1) is 0 Å². The van der Waals surface area contributed by atoms with Crippen molar-refractivity contribution < 1.29 is 14.3 Å². The second-order valence-electron chi connectivity index (χ2n) is 5.77. The molecule has 22 heavy (non-hydrogen) atoms. The third-order valence-electron chi connectivity index (χ3n) is 3.45. The fourth-order valence-corrected chi connectivity index (χ4v) is 4.16. The van der Waals surface area contributed by atoms with Crippen molar-refractivity contribution in [1.82, 2.24) is 10.6 Å². The average Bonchev–Trinajstić information content (AvgIpc) is 2.50. The van der Waals surface area contributed by atoms with Gasteiger partial charge in [0.1, 0.15) is 19.9 Å². The van der Waals surface area contributed by atoms with E-state index in [0.717, 1.165) is 5.75 Å². The first-order valence-corrected chi connectivity index (χ1v) is 10.9. The highest BCUT2D eigenvalue weighted by Crippen LogP contribution is 2.10. The van der Waals surface area contributed by atoms with Crippen molar-refractivity contribution in [2.75, 3.05) is 19.0 Å². The fraction of sp³-hybridized carbons (Fsp3) is 0.467.